The summed E-state index contributed by atoms with van der Waals surface area (Å²) >= 11 is 0. The lowest BCUT2D eigenvalue weighted by Gasteiger charge is -2.20. The van der Waals surface area contributed by atoms with Crippen molar-refractivity contribution in [3.05, 3.63) is 12.2 Å². The molecule has 0 aliphatic heterocycles. The van der Waals surface area contributed by atoms with E-state index in [9.17, 15) is 19.5 Å². The van der Waals surface area contributed by atoms with E-state index in [-0.39, 0.29) is 25.2 Å². The third kappa shape index (κ3) is 5.40. The summed E-state index contributed by atoms with van der Waals surface area (Å²) in [5, 5.41) is 9.84. The van der Waals surface area contributed by atoms with Crippen molar-refractivity contribution in [2.75, 3.05) is 20.3 Å². The molecular weight excluding hydrogens is 268 g/mol. The topological polar surface area (TPSA) is 99.1 Å². The molecule has 7 nitrogen and oxygen atoms in total. The van der Waals surface area contributed by atoms with E-state index in [1.165, 1.54) is 0 Å². The fourth-order valence-electron chi connectivity index (χ4n) is 1.46. The molecule has 0 heterocycles. The second-order valence-corrected chi connectivity index (χ2v) is 3.85. The third-order valence-electron chi connectivity index (χ3n) is 2.44. The lowest BCUT2D eigenvalue weighted by molar-refractivity contribution is -0.166. The molecule has 0 fully saturated rings. The number of carbonyl (C=O) groups is 3. The molecule has 20 heavy (non-hydrogen) atoms. The van der Waals surface area contributed by atoms with Crippen LogP contribution in [-0.2, 0) is 28.6 Å². The number of hydrogen-bond acceptors (Lipinski definition) is 7. The van der Waals surface area contributed by atoms with Crippen molar-refractivity contribution in [2.24, 2.45) is 5.92 Å². The monoisotopic (exact) mass is 288 g/mol. The van der Waals surface area contributed by atoms with E-state index >= 15 is 0 Å². The van der Waals surface area contributed by atoms with Crippen LogP contribution in [-0.4, -0.2) is 49.4 Å². The van der Waals surface area contributed by atoms with Gasteiger partial charge in [0.15, 0.2) is 6.10 Å². The molecule has 0 aromatic heterocycles. The molecule has 0 saturated carbocycles. The van der Waals surface area contributed by atoms with Crippen LogP contribution in [0.3, 0.4) is 0 Å². The smallest absolute Gasteiger partial charge is 0.335 e. The average Bonchev–Trinajstić information content (AvgIpc) is 2.43. The summed E-state index contributed by atoms with van der Waals surface area (Å²) in [6.07, 6.45) is -1.98. The molecule has 2 atom stereocenters. The first kappa shape index (κ1) is 18.1. The zero-order chi connectivity index (χ0) is 15.7. The van der Waals surface area contributed by atoms with Gasteiger partial charge in [0, 0.05) is 5.57 Å². The molecule has 0 amide bonds. The lowest BCUT2D eigenvalue weighted by atomic mass is 9.94. The largest absolute Gasteiger partial charge is 0.466 e. The van der Waals surface area contributed by atoms with Gasteiger partial charge in [0.25, 0.3) is 0 Å². The van der Waals surface area contributed by atoms with Crippen LogP contribution in [0.15, 0.2) is 12.2 Å². The lowest BCUT2D eigenvalue weighted by Crippen LogP contribution is -2.38. The number of ether oxygens (including phenoxy) is 3. The summed E-state index contributed by atoms with van der Waals surface area (Å²) in [4.78, 5) is 34.5. The first-order valence-corrected chi connectivity index (χ1v) is 6.16. The minimum Gasteiger partial charge on any atom is -0.466 e. The Morgan fingerprint density at radius 2 is 1.60 bits per heavy atom. The van der Waals surface area contributed by atoms with Crippen LogP contribution in [0.2, 0.25) is 0 Å². The summed E-state index contributed by atoms with van der Waals surface area (Å²) in [5.41, 5.74) is -0.0473. The molecule has 1 N–H and O–H groups in total. The predicted octanol–water partition coefficient (Wildman–Crippen LogP) is 0.209. The van der Waals surface area contributed by atoms with Crippen LogP contribution < -0.4 is 0 Å². The van der Waals surface area contributed by atoms with E-state index in [4.69, 9.17) is 4.74 Å². The highest BCUT2D eigenvalue weighted by Crippen LogP contribution is 2.19. The van der Waals surface area contributed by atoms with Crippen LogP contribution in [0, 0.1) is 5.92 Å². The highest BCUT2D eigenvalue weighted by atomic mass is 16.6. The van der Waals surface area contributed by atoms with E-state index in [0.717, 1.165) is 7.11 Å². The van der Waals surface area contributed by atoms with Gasteiger partial charge in [-0.3, -0.25) is 4.79 Å². The molecule has 114 valence electrons. The van der Waals surface area contributed by atoms with Crippen LogP contribution in [0.1, 0.15) is 20.3 Å². The normalized spacial score (nSPS) is 13.0. The van der Waals surface area contributed by atoms with Crippen molar-refractivity contribution in [3.8, 4) is 0 Å². The van der Waals surface area contributed by atoms with E-state index in [2.05, 4.69) is 16.1 Å². The first-order valence-electron chi connectivity index (χ1n) is 6.16. The van der Waals surface area contributed by atoms with E-state index in [1.54, 1.807) is 13.8 Å². The summed E-state index contributed by atoms with van der Waals surface area (Å²) in [5.74, 6) is -3.75. The van der Waals surface area contributed by atoms with E-state index < -0.39 is 29.9 Å². The Morgan fingerprint density at radius 1 is 1.10 bits per heavy atom. The van der Waals surface area contributed by atoms with Gasteiger partial charge in [0.1, 0.15) is 0 Å². The van der Waals surface area contributed by atoms with Crippen LogP contribution in [0.4, 0.5) is 0 Å². The van der Waals surface area contributed by atoms with Crippen molar-refractivity contribution in [1.29, 1.82) is 0 Å². The van der Waals surface area contributed by atoms with Crippen molar-refractivity contribution in [2.45, 2.75) is 26.4 Å². The molecular formula is C13H20O7. The third-order valence-corrected chi connectivity index (χ3v) is 2.44. The molecule has 0 spiro atoms. The van der Waals surface area contributed by atoms with Gasteiger partial charge in [-0.25, -0.2) is 9.59 Å². The Hall–Kier alpha value is -1.89. The number of aliphatic hydroxyl groups is 1. The Morgan fingerprint density at radius 3 is 2.05 bits per heavy atom. The van der Waals surface area contributed by atoms with Gasteiger partial charge in [0.2, 0.25) is 0 Å². The Kier molecular flexibility index (Phi) is 8.23. The van der Waals surface area contributed by atoms with E-state index in [0.29, 0.717) is 0 Å². The quantitative estimate of drug-likeness (QED) is 0.387. The molecule has 0 radical (unpaired) electrons. The second-order valence-electron chi connectivity index (χ2n) is 3.85. The van der Waals surface area contributed by atoms with Gasteiger partial charge in [-0.2, -0.15) is 0 Å². The summed E-state index contributed by atoms with van der Waals surface area (Å²) in [6, 6.07) is 0. The van der Waals surface area contributed by atoms with Gasteiger partial charge in [-0.1, -0.05) is 6.58 Å². The number of rotatable bonds is 8. The van der Waals surface area contributed by atoms with Crippen LogP contribution >= 0.6 is 0 Å². The zero-order valence-electron chi connectivity index (χ0n) is 11.9. The maximum Gasteiger partial charge on any atom is 0.335 e. The molecule has 0 aromatic rings. The molecule has 0 unspecified atom stereocenters. The number of carbonyl (C=O) groups excluding carboxylic acids is 3. The van der Waals surface area contributed by atoms with Crippen molar-refractivity contribution in [1.82, 2.24) is 0 Å². The Balaban J connectivity index is 4.98. The maximum absolute atomic E-state index is 11.8. The van der Waals surface area contributed by atoms with Crippen molar-refractivity contribution >= 4 is 17.9 Å². The van der Waals surface area contributed by atoms with E-state index in [1.807, 2.05) is 0 Å². The summed E-state index contributed by atoms with van der Waals surface area (Å²) < 4.78 is 13.9. The molecule has 0 aliphatic carbocycles. The molecule has 0 bridgehead atoms. The summed E-state index contributed by atoms with van der Waals surface area (Å²) in [7, 11) is 1.16. The van der Waals surface area contributed by atoms with Gasteiger partial charge < -0.3 is 19.3 Å². The van der Waals surface area contributed by atoms with Crippen LogP contribution in [0.5, 0.6) is 0 Å². The molecule has 0 saturated heterocycles. The number of aliphatic hydroxyl groups excluding tert-OH is 1. The molecule has 7 heteroatoms. The predicted molar refractivity (Wildman–Crippen MR) is 68.5 cm³/mol. The second kappa shape index (κ2) is 9.08. The minimum absolute atomic E-state index is 0.0473. The zero-order valence-corrected chi connectivity index (χ0v) is 11.9. The van der Waals surface area contributed by atoms with Gasteiger partial charge in [-0.05, 0) is 20.3 Å². The van der Waals surface area contributed by atoms with Gasteiger partial charge in [-0.15, -0.1) is 0 Å². The maximum atomic E-state index is 11.8. The Labute approximate surface area is 117 Å². The number of hydrogen-bond donors (Lipinski definition) is 1. The fraction of sp³-hybridized carbons (Fsp3) is 0.615. The van der Waals surface area contributed by atoms with Crippen LogP contribution in [0.25, 0.3) is 0 Å². The van der Waals surface area contributed by atoms with Crippen molar-refractivity contribution in [3.63, 3.8) is 0 Å². The van der Waals surface area contributed by atoms with Gasteiger partial charge in [0.05, 0.1) is 26.2 Å². The SMILES string of the molecule is C=C(C[C@@H](C(=O)OCC)[C@@H](O)C(=O)OCC)C(=O)OC. The molecule has 0 aliphatic rings. The van der Waals surface area contributed by atoms with Gasteiger partial charge >= 0.3 is 17.9 Å². The highest BCUT2D eigenvalue weighted by molar-refractivity contribution is 5.90. The number of methoxy groups -OCH3 is 1. The minimum atomic E-state index is -1.73. The Bertz CT molecular complexity index is 375. The highest BCUT2D eigenvalue weighted by Gasteiger charge is 2.35. The molecule has 0 rings (SSSR count). The average molecular weight is 288 g/mol. The standard InChI is InChI=1S/C13H20O7/c1-5-19-12(16)9(7-8(3)11(15)18-4)10(14)13(17)20-6-2/h9-10,14H,3,5-7H2,1-2,4H3/t9-,10-/m1/s1. The fourth-order valence-corrected chi connectivity index (χ4v) is 1.46. The number of esters is 3. The van der Waals surface area contributed by atoms with Crippen molar-refractivity contribution < 1.29 is 33.7 Å². The summed E-state index contributed by atoms with van der Waals surface area (Å²) in [6.45, 7) is 6.74. The molecule has 0 aromatic carbocycles. The first-order chi connectivity index (χ1) is 9.38.